The average Bonchev–Trinajstić information content (AvgIpc) is 3.05. The first-order valence-corrected chi connectivity index (χ1v) is 18.0. The zero-order valence-electron chi connectivity index (χ0n) is 32.3. The lowest BCUT2D eigenvalue weighted by Gasteiger charge is -2.28. The molecular weight excluding hydrogens is 605 g/mol. The van der Waals surface area contributed by atoms with Crippen molar-refractivity contribution >= 4 is 11.4 Å². The molecule has 0 amide bonds. The number of hydrogen-bond donors (Lipinski definition) is 0. The molecule has 0 saturated heterocycles. The first-order valence-electron chi connectivity index (χ1n) is 18.0. The molecule has 4 aromatic rings. The molecule has 0 spiro atoms. The van der Waals surface area contributed by atoms with Gasteiger partial charge in [0.15, 0.2) is 0 Å². The number of hydrogen-bond acceptors (Lipinski definition) is 2. The first kappa shape index (κ1) is 35.0. The lowest BCUT2D eigenvalue weighted by molar-refractivity contribution is 0.590. The van der Waals surface area contributed by atoms with Crippen molar-refractivity contribution in [1.82, 2.24) is 0 Å². The van der Waals surface area contributed by atoms with Crippen molar-refractivity contribution in [3.63, 3.8) is 0 Å². The molecule has 2 heteroatoms. The van der Waals surface area contributed by atoms with Crippen molar-refractivity contribution in [3.05, 3.63) is 165 Å². The zero-order chi connectivity index (χ0) is 36.1. The van der Waals surface area contributed by atoms with Crippen molar-refractivity contribution in [2.75, 3.05) is 9.80 Å². The van der Waals surface area contributed by atoms with Crippen LogP contribution in [0.25, 0.3) is 22.3 Å². The van der Waals surface area contributed by atoms with E-state index in [1.165, 1.54) is 89.3 Å². The molecule has 0 radical (unpaired) electrons. The van der Waals surface area contributed by atoms with Crippen molar-refractivity contribution < 1.29 is 0 Å². The summed E-state index contributed by atoms with van der Waals surface area (Å²) in [5.74, 6) is 0. The predicted molar refractivity (Wildman–Crippen MR) is 218 cm³/mol. The molecule has 256 valence electrons. The Morgan fingerprint density at radius 1 is 0.400 bits per heavy atom. The van der Waals surface area contributed by atoms with Crippen LogP contribution in [0.15, 0.2) is 121 Å². The van der Waals surface area contributed by atoms with E-state index in [0.29, 0.717) is 0 Å². The second kappa shape index (κ2) is 13.1. The Bertz CT molecular complexity index is 1910. The van der Waals surface area contributed by atoms with Gasteiger partial charge in [0.1, 0.15) is 0 Å². The van der Waals surface area contributed by atoms with Gasteiger partial charge in [0, 0.05) is 24.8 Å². The Hall–Kier alpha value is -4.82. The Kier molecular flexibility index (Phi) is 9.20. The largest absolute Gasteiger partial charge is 0.323 e. The Labute approximate surface area is 301 Å². The first-order chi connectivity index (χ1) is 23.5. The second-order valence-electron chi connectivity index (χ2n) is 16.4. The van der Waals surface area contributed by atoms with Gasteiger partial charge >= 0.3 is 0 Å². The van der Waals surface area contributed by atoms with E-state index in [9.17, 15) is 0 Å². The third-order valence-electron chi connectivity index (χ3n) is 10.4. The van der Waals surface area contributed by atoms with Gasteiger partial charge in [-0.1, -0.05) is 102 Å². The van der Waals surface area contributed by atoms with E-state index in [2.05, 4.69) is 203 Å². The third-order valence-corrected chi connectivity index (χ3v) is 10.4. The van der Waals surface area contributed by atoms with Crippen LogP contribution in [-0.4, -0.2) is 0 Å². The highest BCUT2D eigenvalue weighted by Gasteiger charge is 2.21. The van der Waals surface area contributed by atoms with E-state index >= 15 is 0 Å². The maximum Gasteiger partial charge on any atom is 0.0514 e. The average molecular weight is 659 g/mol. The highest BCUT2D eigenvalue weighted by atomic mass is 15.1. The van der Waals surface area contributed by atoms with Crippen molar-refractivity contribution in [3.8, 4) is 22.3 Å². The van der Waals surface area contributed by atoms with Crippen LogP contribution in [0.5, 0.6) is 0 Å². The minimum atomic E-state index is 0.138. The van der Waals surface area contributed by atoms with Crippen LogP contribution in [0.1, 0.15) is 86.1 Å². The lowest BCUT2D eigenvalue weighted by atomic mass is 9.85. The lowest BCUT2D eigenvalue weighted by Crippen LogP contribution is -2.15. The van der Waals surface area contributed by atoms with Gasteiger partial charge in [0.05, 0.1) is 11.4 Å². The molecule has 0 bridgehead atoms. The summed E-state index contributed by atoms with van der Waals surface area (Å²) >= 11 is 0. The Morgan fingerprint density at radius 2 is 0.700 bits per heavy atom. The number of benzene rings is 4. The monoisotopic (exact) mass is 658 g/mol. The van der Waals surface area contributed by atoms with Crippen molar-refractivity contribution in [1.29, 1.82) is 0 Å². The van der Waals surface area contributed by atoms with Crippen LogP contribution in [-0.2, 0) is 10.8 Å². The van der Waals surface area contributed by atoms with E-state index in [1.807, 2.05) is 0 Å². The van der Waals surface area contributed by atoms with Crippen LogP contribution in [0.2, 0.25) is 0 Å². The van der Waals surface area contributed by atoms with Gasteiger partial charge in [-0.3, -0.25) is 0 Å². The molecule has 0 atom stereocenters. The highest BCUT2D eigenvalue weighted by Crippen LogP contribution is 2.40. The number of anilines is 2. The maximum absolute atomic E-state index is 2.33. The third kappa shape index (κ3) is 6.69. The number of nitrogens with zero attached hydrogens (tertiary/aromatic N) is 2. The minimum absolute atomic E-state index is 0.138. The number of rotatable bonds is 4. The van der Waals surface area contributed by atoms with Crippen molar-refractivity contribution in [2.24, 2.45) is 0 Å². The van der Waals surface area contributed by atoms with Gasteiger partial charge in [-0.2, -0.15) is 0 Å². The molecule has 6 rings (SSSR count). The molecule has 2 heterocycles. The summed E-state index contributed by atoms with van der Waals surface area (Å²) in [4.78, 5) is 4.55. The molecule has 0 N–H and O–H groups in total. The molecule has 0 aliphatic carbocycles. The molecule has 2 aliphatic heterocycles. The van der Waals surface area contributed by atoms with Gasteiger partial charge in [-0.25, -0.2) is 0 Å². The summed E-state index contributed by atoms with van der Waals surface area (Å²) in [6.45, 7) is 27.1. The summed E-state index contributed by atoms with van der Waals surface area (Å²) in [5, 5.41) is 0. The number of allylic oxidation sites excluding steroid dienone is 6. The summed E-state index contributed by atoms with van der Waals surface area (Å²) in [6, 6.07) is 22.9. The fourth-order valence-electron chi connectivity index (χ4n) is 7.84. The smallest absolute Gasteiger partial charge is 0.0514 e. The molecule has 2 aliphatic rings. The van der Waals surface area contributed by atoms with Crippen LogP contribution >= 0.6 is 0 Å². The van der Waals surface area contributed by atoms with Crippen LogP contribution in [0, 0.1) is 41.5 Å². The molecule has 4 aromatic carbocycles. The van der Waals surface area contributed by atoms with E-state index in [1.54, 1.807) is 0 Å². The fourth-order valence-corrected chi connectivity index (χ4v) is 7.84. The van der Waals surface area contributed by atoms with E-state index in [-0.39, 0.29) is 10.8 Å². The summed E-state index contributed by atoms with van der Waals surface area (Å²) in [6.07, 6.45) is 17.8. The molecule has 0 unspecified atom stereocenters. The second-order valence-corrected chi connectivity index (χ2v) is 16.4. The van der Waals surface area contributed by atoms with Crippen LogP contribution in [0.4, 0.5) is 11.4 Å². The fraction of sp³-hybridized carbons (Fsp3) is 0.292. The van der Waals surface area contributed by atoms with E-state index < -0.39 is 0 Å². The van der Waals surface area contributed by atoms with E-state index in [4.69, 9.17) is 0 Å². The molecule has 0 aromatic heterocycles. The van der Waals surface area contributed by atoms with E-state index in [0.717, 1.165) is 0 Å². The van der Waals surface area contributed by atoms with Gasteiger partial charge in [0.25, 0.3) is 0 Å². The topological polar surface area (TPSA) is 6.48 Å². The van der Waals surface area contributed by atoms with Gasteiger partial charge in [-0.05, 0) is 155 Å². The van der Waals surface area contributed by atoms with Gasteiger partial charge < -0.3 is 9.80 Å². The van der Waals surface area contributed by atoms with Crippen molar-refractivity contribution in [2.45, 2.75) is 93.9 Å². The summed E-state index contributed by atoms with van der Waals surface area (Å²) < 4.78 is 0. The SMILES string of the molecule is Cc1cc(C)c(N2C=CC(=C3C=CN(c4c(C)cc(C)c(-c5ccc(C(C)(C)C)cc5)c4C)C=C3)C=C2)c(C)c1-c1ccc(C(C)(C)C)cc1. The minimum Gasteiger partial charge on any atom is -0.323 e. The van der Waals surface area contributed by atoms with Crippen LogP contribution in [0.3, 0.4) is 0 Å². The Balaban J connectivity index is 1.25. The molecule has 2 nitrogen and oxygen atoms in total. The van der Waals surface area contributed by atoms with Gasteiger partial charge in [0.2, 0.25) is 0 Å². The summed E-state index contributed by atoms with van der Waals surface area (Å²) in [5.41, 5.74) is 20.9. The standard InChI is InChI=1S/C48H54N2/c1-31-29-33(3)45(35(5)43(31)39-13-17-41(18-14-39)47(7,8)9)49-25-21-37(22-26-49)38-23-27-50(28-24-38)46-34(4)30-32(2)44(36(46)6)40-15-19-42(20-16-40)48(10,11)12/h13-30H,1-12H3. The maximum atomic E-state index is 2.33. The van der Waals surface area contributed by atoms with Crippen LogP contribution < -0.4 is 9.80 Å². The summed E-state index contributed by atoms with van der Waals surface area (Å²) in [7, 11) is 0. The molecule has 0 fully saturated rings. The normalized spacial score (nSPS) is 14.7. The number of aryl methyl sites for hydroxylation is 4. The highest BCUT2D eigenvalue weighted by molar-refractivity contribution is 5.82. The zero-order valence-corrected chi connectivity index (χ0v) is 32.3. The molecule has 0 saturated carbocycles. The van der Waals surface area contributed by atoms with Gasteiger partial charge in [-0.15, -0.1) is 0 Å². The molecular formula is C48H54N2. The predicted octanol–water partition coefficient (Wildman–Crippen LogP) is 13.2. The Morgan fingerprint density at radius 3 is 0.980 bits per heavy atom. The quantitative estimate of drug-likeness (QED) is 0.215. The molecule has 50 heavy (non-hydrogen) atoms.